The number of nitrogens with one attached hydrogen (secondary N) is 1. The van der Waals surface area contributed by atoms with E-state index in [1.165, 1.54) is 0 Å². The Bertz CT molecular complexity index is 250. The molecule has 52 valence electrons. The minimum atomic E-state index is 0.663. The molecule has 1 N–H and O–H groups in total. The quantitative estimate of drug-likeness (QED) is 0.587. The molecule has 0 radical (unpaired) electrons. The predicted octanol–water partition coefficient (Wildman–Crippen LogP) is 1.54. The van der Waals surface area contributed by atoms with Crippen LogP contribution in [0.15, 0.2) is 15.5 Å². The third-order valence-corrected chi connectivity index (χ3v) is 1.48. The van der Waals surface area contributed by atoms with Crippen LogP contribution in [0.3, 0.4) is 0 Å². The minimum absolute atomic E-state index is 0.663. The fourth-order valence-electron chi connectivity index (χ4n) is 1.05. The highest BCUT2D eigenvalue weighted by Crippen LogP contribution is 2.22. The van der Waals surface area contributed by atoms with Crippen molar-refractivity contribution in [3.05, 3.63) is 17.6 Å². The van der Waals surface area contributed by atoms with E-state index in [1.54, 1.807) is 6.34 Å². The van der Waals surface area contributed by atoms with E-state index < -0.39 is 0 Å². The van der Waals surface area contributed by atoms with E-state index in [2.05, 4.69) is 10.3 Å². The van der Waals surface area contributed by atoms with Crippen molar-refractivity contribution in [1.29, 1.82) is 0 Å². The molecule has 0 saturated heterocycles. The fourth-order valence-corrected chi connectivity index (χ4v) is 1.05. The van der Waals surface area contributed by atoms with Gasteiger partial charge in [-0.15, -0.1) is 0 Å². The molecule has 2 heterocycles. The van der Waals surface area contributed by atoms with Gasteiger partial charge in [-0.2, -0.15) is 0 Å². The molecule has 0 atom stereocenters. The molecule has 3 nitrogen and oxygen atoms in total. The van der Waals surface area contributed by atoms with E-state index in [9.17, 15) is 0 Å². The molecule has 10 heavy (non-hydrogen) atoms. The van der Waals surface area contributed by atoms with Gasteiger partial charge in [0.15, 0.2) is 0 Å². The number of furan rings is 1. The van der Waals surface area contributed by atoms with Gasteiger partial charge in [0.1, 0.15) is 18.1 Å². The third-order valence-electron chi connectivity index (χ3n) is 1.48. The van der Waals surface area contributed by atoms with Gasteiger partial charge in [-0.05, 0) is 6.92 Å². The first kappa shape index (κ1) is 5.53. The van der Waals surface area contributed by atoms with Gasteiger partial charge in [0.05, 0.1) is 12.0 Å². The van der Waals surface area contributed by atoms with Crippen molar-refractivity contribution in [2.24, 2.45) is 4.99 Å². The molecule has 3 heteroatoms. The summed E-state index contributed by atoms with van der Waals surface area (Å²) in [4.78, 5) is 4.00. The molecule has 0 bridgehead atoms. The summed E-state index contributed by atoms with van der Waals surface area (Å²) in [6.45, 7) is 2.59. The number of aryl methyl sites for hydroxylation is 1. The number of rotatable bonds is 0. The van der Waals surface area contributed by atoms with E-state index >= 15 is 0 Å². The van der Waals surface area contributed by atoms with E-state index in [-0.39, 0.29) is 0 Å². The van der Waals surface area contributed by atoms with E-state index in [0.717, 1.165) is 17.2 Å². The van der Waals surface area contributed by atoms with Gasteiger partial charge in [-0.1, -0.05) is 0 Å². The largest absolute Gasteiger partial charge is 0.462 e. The van der Waals surface area contributed by atoms with Crippen LogP contribution in [0.2, 0.25) is 0 Å². The van der Waals surface area contributed by atoms with Crippen LogP contribution in [0.5, 0.6) is 0 Å². The first-order valence-electron chi connectivity index (χ1n) is 3.20. The average Bonchev–Trinajstić information content (AvgIpc) is 2.27. The second-order valence-corrected chi connectivity index (χ2v) is 2.31. The van der Waals surface area contributed by atoms with Gasteiger partial charge in [-0.3, -0.25) is 4.99 Å². The monoisotopic (exact) mass is 136 g/mol. The summed E-state index contributed by atoms with van der Waals surface area (Å²) >= 11 is 0. The maximum Gasteiger partial charge on any atom is 0.149 e. The molecular formula is C7H8N2O. The summed E-state index contributed by atoms with van der Waals surface area (Å²) in [6, 6.07) is 1.97. The Kier molecular flexibility index (Phi) is 1.03. The molecule has 2 rings (SSSR count). The molecular weight excluding hydrogens is 128 g/mol. The van der Waals surface area contributed by atoms with Crippen LogP contribution in [0.25, 0.3) is 0 Å². The van der Waals surface area contributed by atoms with Crippen molar-refractivity contribution < 1.29 is 4.42 Å². The van der Waals surface area contributed by atoms with Gasteiger partial charge in [0, 0.05) is 6.07 Å². The number of anilines is 1. The van der Waals surface area contributed by atoms with Crippen LogP contribution >= 0.6 is 0 Å². The Labute approximate surface area is 58.8 Å². The summed E-state index contributed by atoms with van der Waals surface area (Å²) in [5.41, 5.74) is 1.05. The predicted molar refractivity (Wildman–Crippen MR) is 39.3 cm³/mol. The smallest absolute Gasteiger partial charge is 0.149 e. The Morgan fingerprint density at radius 3 is 3.40 bits per heavy atom. The molecule has 1 aromatic heterocycles. The molecule has 0 spiro atoms. The summed E-state index contributed by atoms with van der Waals surface area (Å²) in [5.74, 6) is 1.86. The second kappa shape index (κ2) is 1.87. The van der Waals surface area contributed by atoms with Crippen molar-refractivity contribution in [3.63, 3.8) is 0 Å². The normalized spacial score (nSPS) is 14.5. The lowest BCUT2D eigenvalue weighted by molar-refractivity contribution is 0.486. The Balaban J connectivity index is 2.46. The van der Waals surface area contributed by atoms with Gasteiger partial charge >= 0.3 is 0 Å². The molecule has 0 unspecified atom stereocenters. The van der Waals surface area contributed by atoms with Gasteiger partial charge in [-0.25, -0.2) is 0 Å². The van der Waals surface area contributed by atoms with Crippen LogP contribution in [-0.2, 0) is 6.54 Å². The maximum atomic E-state index is 5.33. The van der Waals surface area contributed by atoms with Crippen molar-refractivity contribution >= 4 is 12.0 Å². The number of hydrogen-bond donors (Lipinski definition) is 1. The molecule has 0 aromatic carbocycles. The Morgan fingerprint density at radius 1 is 1.70 bits per heavy atom. The first-order chi connectivity index (χ1) is 4.86. The van der Waals surface area contributed by atoms with Crippen LogP contribution in [0.1, 0.15) is 11.5 Å². The second-order valence-electron chi connectivity index (χ2n) is 2.31. The average molecular weight is 136 g/mol. The van der Waals surface area contributed by atoms with Crippen LogP contribution in [0, 0.1) is 6.92 Å². The number of fused-ring (bicyclic) bond motifs is 1. The lowest BCUT2D eigenvalue weighted by atomic mass is 10.3. The lowest BCUT2D eigenvalue weighted by Gasteiger charge is -2.02. The Morgan fingerprint density at radius 2 is 2.60 bits per heavy atom. The third kappa shape index (κ3) is 0.708. The number of hydrogen-bond acceptors (Lipinski definition) is 3. The highest BCUT2D eigenvalue weighted by molar-refractivity contribution is 5.78. The summed E-state index contributed by atoms with van der Waals surface area (Å²) in [7, 11) is 0. The van der Waals surface area contributed by atoms with Crippen molar-refractivity contribution in [1.82, 2.24) is 0 Å². The maximum absolute atomic E-state index is 5.33. The van der Waals surface area contributed by atoms with Crippen molar-refractivity contribution in [2.75, 3.05) is 5.32 Å². The molecule has 0 aliphatic carbocycles. The summed E-state index contributed by atoms with van der Waals surface area (Å²) in [6.07, 6.45) is 1.69. The first-order valence-corrected chi connectivity index (χ1v) is 3.20. The highest BCUT2D eigenvalue weighted by Gasteiger charge is 2.09. The van der Waals surface area contributed by atoms with Gasteiger partial charge in [0.25, 0.3) is 0 Å². The summed E-state index contributed by atoms with van der Waals surface area (Å²) in [5, 5.41) is 3.00. The topological polar surface area (TPSA) is 37.5 Å². The zero-order valence-corrected chi connectivity index (χ0v) is 5.72. The van der Waals surface area contributed by atoms with Gasteiger partial charge in [0.2, 0.25) is 0 Å². The van der Waals surface area contributed by atoms with Crippen molar-refractivity contribution in [2.45, 2.75) is 13.5 Å². The van der Waals surface area contributed by atoms with Crippen molar-refractivity contribution in [3.8, 4) is 0 Å². The van der Waals surface area contributed by atoms with Gasteiger partial charge < -0.3 is 9.73 Å². The molecule has 1 aliphatic rings. The molecule has 0 saturated carbocycles. The molecule has 1 aromatic rings. The van der Waals surface area contributed by atoms with Crippen LogP contribution in [-0.4, -0.2) is 6.34 Å². The minimum Gasteiger partial charge on any atom is -0.462 e. The molecule has 1 aliphatic heterocycles. The van der Waals surface area contributed by atoms with Crippen LogP contribution in [0.4, 0.5) is 5.69 Å². The number of aliphatic imine (C=N–C) groups is 1. The molecule has 0 fully saturated rings. The zero-order chi connectivity index (χ0) is 6.97. The highest BCUT2D eigenvalue weighted by atomic mass is 16.3. The fraction of sp³-hybridized carbons (Fsp3) is 0.286. The SMILES string of the molecule is Cc1cc2c(o1)CN=CN2. The molecule has 0 amide bonds. The van der Waals surface area contributed by atoms with E-state index in [4.69, 9.17) is 4.42 Å². The summed E-state index contributed by atoms with van der Waals surface area (Å²) < 4.78 is 5.33. The van der Waals surface area contributed by atoms with E-state index in [1.807, 2.05) is 13.0 Å². The van der Waals surface area contributed by atoms with E-state index in [0.29, 0.717) is 6.54 Å². The number of nitrogens with zero attached hydrogens (tertiary/aromatic N) is 1. The standard InChI is InChI=1S/C7H8N2O/c1-5-2-6-7(10-5)3-8-4-9-6/h2,4H,3H2,1H3,(H,8,9). The Hall–Kier alpha value is -1.25. The van der Waals surface area contributed by atoms with Crippen LogP contribution < -0.4 is 5.32 Å². The zero-order valence-electron chi connectivity index (χ0n) is 5.72. The lowest BCUT2D eigenvalue weighted by Crippen LogP contribution is -2.01.